The van der Waals surface area contributed by atoms with Gasteiger partial charge < -0.3 is 10.1 Å². The lowest BCUT2D eigenvalue weighted by atomic mass is 10.2. The zero-order valence-corrected chi connectivity index (χ0v) is 10.5. The van der Waals surface area contributed by atoms with Crippen LogP contribution in [-0.4, -0.2) is 23.1 Å². The molecular weight excluding hydrogens is 226 g/mol. The van der Waals surface area contributed by atoms with E-state index >= 15 is 0 Å². The maximum Gasteiger partial charge on any atom is 0.226 e. The van der Waals surface area contributed by atoms with Crippen molar-refractivity contribution in [3.63, 3.8) is 0 Å². The van der Waals surface area contributed by atoms with Crippen LogP contribution in [0.1, 0.15) is 13.3 Å². The fourth-order valence-electron chi connectivity index (χ4n) is 1.63. The lowest BCUT2D eigenvalue weighted by Gasteiger charge is -2.09. The predicted octanol–water partition coefficient (Wildman–Crippen LogP) is 3.02. The van der Waals surface area contributed by atoms with Gasteiger partial charge in [0.2, 0.25) is 11.8 Å². The van der Waals surface area contributed by atoms with Gasteiger partial charge in [0.1, 0.15) is 0 Å². The SMILES string of the molecule is C=CCCOc1nc(NCC)nc2ccccc12. The van der Waals surface area contributed by atoms with E-state index in [1.165, 1.54) is 0 Å². The Hall–Kier alpha value is -2.10. The number of rotatable bonds is 6. The van der Waals surface area contributed by atoms with Gasteiger partial charge in [-0.1, -0.05) is 18.2 Å². The number of fused-ring (bicyclic) bond motifs is 1. The van der Waals surface area contributed by atoms with Crippen LogP contribution in [0, 0.1) is 0 Å². The van der Waals surface area contributed by atoms with Gasteiger partial charge in [-0.3, -0.25) is 0 Å². The molecule has 0 aliphatic carbocycles. The number of hydrogen-bond acceptors (Lipinski definition) is 4. The van der Waals surface area contributed by atoms with Crippen LogP contribution in [0.4, 0.5) is 5.95 Å². The Kier molecular flexibility index (Phi) is 4.12. The summed E-state index contributed by atoms with van der Waals surface area (Å²) in [7, 11) is 0. The highest BCUT2D eigenvalue weighted by molar-refractivity contribution is 5.84. The van der Waals surface area contributed by atoms with Crippen molar-refractivity contribution < 1.29 is 4.74 Å². The molecule has 0 aliphatic rings. The van der Waals surface area contributed by atoms with Crippen LogP contribution in [-0.2, 0) is 0 Å². The maximum atomic E-state index is 5.68. The molecule has 0 bridgehead atoms. The Morgan fingerprint density at radius 2 is 2.17 bits per heavy atom. The van der Waals surface area contributed by atoms with E-state index in [1.54, 1.807) is 0 Å². The van der Waals surface area contributed by atoms with Crippen molar-refractivity contribution in [2.24, 2.45) is 0 Å². The smallest absolute Gasteiger partial charge is 0.226 e. The predicted molar refractivity (Wildman–Crippen MR) is 74.0 cm³/mol. The molecule has 0 atom stereocenters. The molecule has 0 fully saturated rings. The molecule has 1 aromatic carbocycles. The van der Waals surface area contributed by atoms with E-state index in [9.17, 15) is 0 Å². The molecule has 1 aromatic heterocycles. The van der Waals surface area contributed by atoms with Crippen molar-refractivity contribution in [2.75, 3.05) is 18.5 Å². The van der Waals surface area contributed by atoms with Crippen LogP contribution >= 0.6 is 0 Å². The number of nitrogens with one attached hydrogen (secondary N) is 1. The Morgan fingerprint density at radius 1 is 1.33 bits per heavy atom. The summed E-state index contributed by atoms with van der Waals surface area (Å²) in [6.45, 7) is 7.05. The van der Waals surface area contributed by atoms with Gasteiger partial charge in [-0.25, -0.2) is 4.98 Å². The lowest BCUT2D eigenvalue weighted by molar-refractivity contribution is 0.316. The van der Waals surface area contributed by atoms with Gasteiger partial charge in [0.15, 0.2) is 0 Å². The highest BCUT2D eigenvalue weighted by atomic mass is 16.5. The number of anilines is 1. The van der Waals surface area contributed by atoms with E-state index in [1.807, 2.05) is 37.3 Å². The van der Waals surface area contributed by atoms with Gasteiger partial charge in [0.25, 0.3) is 0 Å². The minimum Gasteiger partial charge on any atom is -0.477 e. The minimum absolute atomic E-state index is 0.579. The summed E-state index contributed by atoms with van der Waals surface area (Å²) in [5.74, 6) is 1.23. The third-order valence-electron chi connectivity index (χ3n) is 2.46. The molecular formula is C14H17N3O. The van der Waals surface area contributed by atoms with Crippen molar-refractivity contribution >= 4 is 16.9 Å². The van der Waals surface area contributed by atoms with Crippen LogP contribution < -0.4 is 10.1 Å². The second kappa shape index (κ2) is 6.00. The summed E-state index contributed by atoms with van der Waals surface area (Å²) < 4.78 is 5.68. The van der Waals surface area contributed by atoms with Gasteiger partial charge in [-0.05, 0) is 25.5 Å². The number of ether oxygens (including phenoxy) is 1. The molecule has 2 rings (SSSR count). The molecule has 94 valence electrons. The number of aromatic nitrogens is 2. The summed E-state index contributed by atoms with van der Waals surface area (Å²) in [5, 5.41) is 4.04. The molecule has 0 spiro atoms. The van der Waals surface area contributed by atoms with Crippen LogP contribution in [0.3, 0.4) is 0 Å². The van der Waals surface area contributed by atoms with Crippen molar-refractivity contribution in [3.8, 4) is 5.88 Å². The van der Waals surface area contributed by atoms with Crippen molar-refractivity contribution in [3.05, 3.63) is 36.9 Å². The number of nitrogens with zero attached hydrogens (tertiary/aromatic N) is 2. The summed E-state index contributed by atoms with van der Waals surface area (Å²) in [6, 6.07) is 7.84. The second-order valence-corrected chi connectivity index (χ2v) is 3.83. The molecule has 18 heavy (non-hydrogen) atoms. The molecule has 0 saturated heterocycles. The van der Waals surface area contributed by atoms with Gasteiger partial charge in [0.05, 0.1) is 17.5 Å². The normalized spacial score (nSPS) is 10.3. The first kappa shape index (κ1) is 12.4. The largest absolute Gasteiger partial charge is 0.477 e. The molecule has 1 N–H and O–H groups in total. The molecule has 4 heteroatoms. The molecule has 0 amide bonds. The van der Waals surface area contributed by atoms with E-state index < -0.39 is 0 Å². The van der Waals surface area contributed by atoms with Crippen LogP contribution in [0.2, 0.25) is 0 Å². The monoisotopic (exact) mass is 243 g/mol. The summed E-state index contributed by atoms with van der Waals surface area (Å²) in [4.78, 5) is 8.82. The zero-order valence-electron chi connectivity index (χ0n) is 10.5. The average Bonchev–Trinajstić information content (AvgIpc) is 2.39. The lowest BCUT2D eigenvalue weighted by Crippen LogP contribution is -2.05. The molecule has 0 saturated carbocycles. The standard InChI is InChI=1S/C14H17N3O/c1-3-5-10-18-13-11-8-6-7-9-12(11)16-14(17-13)15-4-2/h3,6-9H,1,4-5,10H2,2H3,(H,15,16,17). The van der Waals surface area contributed by atoms with Crippen LogP contribution in [0.25, 0.3) is 10.9 Å². The fraction of sp³-hybridized carbons (Fsp3) is 0.286. The summed E-state index contributed by atoms with van der Waals surface area (Å²) in [5.41, 5.74) is 0.886. The highest BCUT2D eigenvalue weighted by Crippen LogP contribution is 2.23. The van der Waals surface area contributed by atoms with Crippen molar-refractivity contribution in [2.45, 2.75) is 13.3 Å². The molecule has 0 radical (unpaired) electrons. The van der Waals surface area contributed by atoms with Gasteiger partial charge in [0, 0.05) is 6.54 Å². The maximum absolute atomic E-state index is 5.68. The number of hydrogen-bond donors (Lipinski definition) is 1. The van der Waals surface area contributed by atoms with Crippen LogP contribution in [0.15, 0.2) is 36.9 Å². The van der Waals surface area contributed by atoms with E-state index in [2.05, 4.69) is 21.9 Å². The quantitative estimate of drug-likeness (QED) is 0.626. The topological polar surface area (TPSA) is 47.0 Å². The van der Waals surface area contributed by atoms with E-state index in [0.717, 1.165) is 23.9 Å². The molecule has 2 aromatic rings. The Bertz CT molecular complexity index is 540. The van der Waals surface area contributed by atoms with E-state index in [0.29, 0.717) is 18.4 Å². The second-order valence-electron chi connectivity index (χ2n) is 3.83. The molecule has 0 unspecified atom stereocenters. The van der Waals surface area contributed by atoms with Gasteiger partial charge in [-0.15, -0.1) is 6.58 Å². The first-order valence-electron chi connectivity index (χ1n) is 6.09. The minimum atomic E-state index is 0.579. The summed E-state index contributed by atoms with van der Waals surface area (Å²) in [6.07, 6.45) is 2.63. The first-order chi connectivity index (χ1) is 8.85. The molecule has 1 heterocycles. The van der Waals surface area contributed by atoms with Gasteiger partial charge >= 0.3 is 0 Å². The van der Waals surface area contributed by atoms with E-state index in [4.69, 9.17) is 4.74 Å². The molecule has 0 aliphatic heterocycles. The molecule has 4 nitrogen and oxygen atoms in total. The average molecular weight is 243 g/mol. The Morgan fingerprint density at radius 3 is 2.94 bits per heavy atom. The fourth-order valence-corrected chi connectivity index (χ4v) is 1.63. The van der Waals surface area contributed by atoms with Crippen LogP contribution in [0.5, 0.6) is 5.88 Å². The zero-order chi connectivity index (χ0) is 12.8. The van der Waals surface area contributed by atoms with Gasteiger partial charge in [-0.2, -0.15) is 4.98 Å². The Balaban J connectivity index is 2.36. The Labute approximate surface area is 107 Å². The number of benzene rings is 1. The van der Waals surface area contributed by atoms with Crippen molar-refractivity contribution in [1.82, 2.24) is 9.97 Å². The van der Waals surface area contributed by atoms with E-state index in [-0.39, 0.29) is 0 Å². The number of para-hydroxylation sites is 1. The first-order valence-corrected chi connectivity index (χ1v) is 6.09. The third-order valence-corrected chi connectivity index (χ3v) is 2.46. The van der Waals surface area contributed by atoms with Crippen molar-refractivity contribution in [1.29, 1.82) is 0 Å². The third kappa shape index (κ3) is 2.77. The summed E-state index contributed by atoms with van der Waals surface area (Å²) >= 11 is 0. The highest BCUT2D eigenvalue weighted by Gasteiger charge is 2.07.